The highest BCUT2D eigenvalue weighted by molar-refractivity contribution is 5.97. The van der Waals surface area contributed by atoms with Crippen molar-refractivity contribution in [1.82, 2.24) is 15.5 Å². The van der Waals surface area contributed by atoms with Crippen molar-refractivity contribution in [3.63, 3.8) is 0 Å². The van der Waals surface area contributed by atoms with Crippen LogP contribution in [0.5, 0.6) is 0 Å². The molecule has 1 saturated heterocycles. The molecule has 3 fully saturated rings. The van der Waals surface area contributed by atoms with Gasteiger partial charge in [0, 0.05) is 24.9 Å². The smallest absolute Gasteiger partial charge is 0.249 e. The second-order valence-corrected chi connectivity index (χ2v) is 8.87. The molecule has 1 aromatic heterocycles. The average molecular weight is 404 g/mol. The minimum absolute atomic E-state index is 0.0240. The van der Waals surface area contributed by atoms with Crippen LogP contribution in [0.25, 0.3) is 0 Å². The lowest BCUT2D eigenvalue weighted by atomic mass is 9.89. The molecule has 3 amide bonds. The number of aromatic nitrogens is 1. The Hall–Kier alpha value is -2.42. The molecule has 0 unspecified atom stereocenters. The highest BCUT2D eigenvalue weighted by atomic mass is 16.5. The Morgan fingerprint density at radius 1 is 1.31 bits per heavy atom. The normalized spacial score (nSPS) is 23.9. The number of amides is 3. The molecule has 9 heteroatoms. The zero-order valence-corrected chi connectivity index (χ0v) is 16.4. The van der Waals surface area contributed by atoms with Crippen molar-refractivity contribution in [3.05, 3.63) is 12.3 Å². The van der Waals surface area contributed by atoms with E-state index in [0.717, 1.165) is 38.5 Å². The van der Waals surface area contributed by atoms with Gasteiger partial charge in [0.25, 0.3) is 0 Å². The van der Waals surface area contributed by atoms with E-state index in [4.69, 9.17) is 9.73 Å². The molecule has 158 valence electrons. The van der Waals surface area contributed by atoms with Gasteiger partial charge in [-0.25, -0.2) is 5.48 Å². The van der Waals surface area contributed by atoms with Crippen LogP contribution in [0.4, 0.5) is 5.88 Å². The maximum Gasteiger partial charge on any atom is 0.249 e. The minimum atomic E-state index is -0.585. The maximum atomic E-state index is 13.5. The van der Waals surface area contributed by atoms with Crippen molar-refractivity contribution in [2.24, 2.45) is 17.3 Å². The van der Waals surface area contributed by atoms with Gasteiger partial charge in [-0.15, -0.1) is 0 Å². The fraction of sp³-hybridized carbons (Fsp3) is 0.700. The van der Waals surface area contributed by atoms with Crippen molar-refractivity contribution in [2.45, 2.75) is 63.8 Å². The Kier molecular flexibility index (Phi) is 5.58. The van der Waals surface area contributed by atoms with Crippen molar-refractivity contribution >= 4 is 23.6 Å². The van der Waals surface area contributed by atoms with Crippen molar-refractivity contribution in [1.29, 1.82) is 0 Å². The maximum absolute atomic E-state index is 13.5. The molecule has 3 N–H and O–H groups in total. The molecular formula is C20H28N4O5. The zero-order valence-electron chi connectivity index (χ0n) is 16.4. The van der Waals surface area contributed by atoms with E-state index in [9.17, 15) is 14.4 Å². The predicted molar refractivity (Wildman–Crippen MR) is 102 cm³/mol. The Bertz CT molecular complexity index is 755. The topological polar surface area (TPSA) is 125 Å². The molecule has 1 aromatic rings. The molecule has 2 atom stereocenters. The number of hydroxylamine groups is 1. The molecule has 2 aliphatic carbocycles. The van der Waals surface area contributed by atoms with Crippen LogP contribution in [0.2, 0.25) is 0 Å². The van der Waals surface area contributed by atoms with E-state index >= 15 is 0 Å². The predicted octanol–water partition coefficient (Wildman–Crippen LogP) is 2.09. The number of carbonyl (C=O) groups excluding carboxylic acids is 3. The number of nitrogens with one attached hydrogen (secondary N) is 2. The van der Waals surface area contributed by atoms with E-state index < -0.39 is 17.9 Å². The summed E-state index contributed by atoms with van der Waals surface area (Å²) in [6, 6.07) is 0.971. The molecule has 2 heterocycles. The third-order valence-corrected chi connectivity index (χ3v) is 6.73. The SMILES string of the molecule is O=C(C[C@@H](CC1CCCC1)C(=O)N1CC2(CC2)C[C@H]1C(=O)Nc1ccno1)NO. The Morgan fingerprint density at radius 3 is 2.69 bits per heavy atom. The first-order chi connectivity index (χ1) is 14.0. The van der Waals surface area contributed by atoms with Crippen LogP contribution >= 0.6 is 0 Å². The lowest BCUT2D eigenvalue weighted by molar-refractivity contribution is -0.144. The second-order valence-electron chi connectivity index (χ2n) is 8.87. The van der Waals surface area contributed by atoms with Crippen LogP contribution in [0, 0.1) is 17.3 Å². The summed E-state index contributed by atoms with van der Waals surface area (Å²) in [5.74, 6) is -0.883. The van der Waals surface area contributed by atoms with E-state index in [0.29, 0.717) is 25.3 Å². The first-order valence-corrected chi connectivity index (χ1v) is 10.4. The van der Waals surface area contributed by atoms with Gasteiger partial charge in [0.1, 0.15) is 6.04 Å². The van der Waals surface area contributed by atoms with E-state index in [2.05, 4.69) is 10.5 Å². The van der Waals surface area contributed by atoms with E-state index in [1.54, 1.807) is 16.4 Å². The summed E-state index contributed by atoms with van der Waals surface area (Å²) in [5.41, 5.74) is 1.67. The molecule has 2 saturated carbocycles. The first-order valence-electron chi connectivity index (χ1n) is 10.4. The van der Waals surface area contributed by atoms with Gasteiger partial charge in [-0.3, -0.25) is 24.9 Å². The van der Waals surface area contributed by atoms with Crippen LogP contribution < -0.4 is 10.8 Å². The summed E-state index contributed by atoms with van der Waals surface area (Å²) < 4.78 is 4.96. The van der Waals surface area contributed by atoms with Gasteiger partial charge in [-0.1, -0.05) is 30.8 Å². The number of likely N-dealkylation sites (tertiary alicyclic amines) is 1. The van der Waals surface area contributed by atoms with Crippen LogP contribution in [0.15, 0.2) is 16.8 Å². The quantitative estimate of drug-likeness (QED) is 0.472. The number of nitrogens with zero attached hydrogens (tertiary/aromatic N) is 2. The van der Waals surface area contributed by atoms with Gasteiger partial charge in [0.05, 0.1) is 6.20 Å². The van der Waals surface area contributed by atoms with Gasteiger partial charge in [0.15, 0.2) is 0 Å². The molecule has 3 aliphatic rings. The van der Waals surface area contributed by atoms with Crippen molar-refractivity contribution < 1.29 is 24.1 Å². The molecule has 1 aliphatic heterocycles. The fourth-order valence-corrected chi connectivity index (χ4v) is 4.97. The third-order valence-electron chi connectivity index (χ3n) is 6.73. The number of rotatable bonds is 7. The highest BCUT2D eigenvalue weighted by Crippen LogP contribution is 2.55. The molecule has 0 aromatic carbocycles. The Labute approximate surface area is 169 Å². The largest absolute Gasteiger partial charge is 0.338 e. The molecule has 1 spiro atoms. The molecule has 29 heavy (non-hydrogen) atoms. The van der Waals surface area contributed by atoms with Crippen LogP contribution in [-0.2, 0) is 14.4 Å². The lowest BCUT2D eigenvalue weighted by Gasteiger charge is -2.29. The summed E-state index contributed by atoms with van der Waals surface area (Å²) in [5, 5.41) is 15.2. The lowest BCUT2D eigenvalue weighted by Crippen LogP contribution is -2.46. The van der Waals surface area contributed by atoms with Gasteiger partial charge < -0.3 is 9.42 Å². The van der Waals surface area contributed by atoms with Crippen molar-refractivity contribution in [2.75, 3.05) is 11.9 Å². The van der Waals surface area contributed by atoms with Crippen LogP contribution in [0.1, 0.15) is 57.8 Å². The van der Waals surface area contributed by atoms with E-state index in [1.165, 1.54) is 6.20 Å². The monoisotopic (exact) mass is 404 g/mol. The minimum Gasteiger partial charge on any atom is -0.338 e. The highest BCUT2D eigenvalue weighted by Gasteiger charge is 2.56. The van der Waals surface area contributed by atoms with E-state index in [1.807, 2.05) is 0 Å². The third kappa shape index (κ3) is 4.44. The molecule has 0 radical (unpaired) electrons. The average Bonchev–Trinajstić information content (AvgIpc) is 3.13. The number of hydrogen-bond acceptors (Lipinski definition) is 6. The second kappa shape index (κ2) is 8.14. The number of carbonyl (C=O) groups is 3. The summed E-state index contributed by atoms with van der Waals surface area (Å²) in [6.07, 6.45) is 9.05. The summed E-state index contributed by atoms with van der Waals surface area (Å²) in [6.45, 7) is 0.544. The van der Waals surface area contributed by atoms with Gasteiger partial charge in [-0.2, -0.15) is 0 Å². The molecule has 9 nitrogen and oxygen atoms in total. The zero-order chi connectivity index (χ0) is 20.4. The van der Waals surface area contributed by atoms with Crippen LogP contribution in [0.3, 0.4) is 0 Å². The Morgan fingerprint density at radius 2 is 2.07 bits per heavy atom. The Balaban J connectivity index is 1.50. The number of anilines is 1. The summed E-state index contributed by atoms with van der Waals surface area (Å²) in [7, 11) is 0. The molecule has 4 rings (SSSR count). The fourth-order valence-electron chi connectivity index (χ4n) is 4.97. The van der Waals surface area contributed by atoms with Gasteiger partial charge >= 0.3 is 0 Å². The van der Waals surface area contributed by atoms with E-state index in [-0.39, 0.29) is 29.5 Å². The van der Waals surface area contributed by atoms with Crippen molar-refractivity contribution in [3.8, 4) is 0 Å². The molecule has 0 bridgehead atoms. The first kappa shape index (κ1) is 19.9. The van der Waals surface area contributed by atoms with Gasteiger partial charge in [0.2, 0.25) is 23.6 Å². The standard InChI is InChI=1S/C20H28N4O5/c25-16(23-28)10-14(9-13-3-1-2-4-13)19(27)24-12-20(6-7-20)11-15(24)18(26)22-17-5-8-21-29-17/h5,8,13-15,28H,1-4,6-7,9-12H2,(H,22,26)(H,23,25)/t14-,15+/m1/s1. The molecular weight excluding hydrogens is 376 g/mol. The van der Waals surface area contributed by atoms with Crippen LogP contribution in [-0.4, -0.2) is 45.6 Å². The summed E-state index contributed by atoms with van der Waals surface area (Å²) in [4.78, 5) is 39.8. The van der Waals surface area contributed by atoms with Gasteiger partial charge in [-0.05, 0) is 37.0 Å². The number of hydrogen-bond donors (Lipinski definition) is 3. The summed E-state index contributed by atoms with van der Waals surface area (Å²) >= 11 is 0.